The molecule has 1 fully saturated rings. The molecule has 1 aliphatic rings. The van der Waals surface area contributed by atoms with E-state index in [1.165, 1.54) is 46.5 Å². The standard InChI is InChI=1S/C17H25N3S/c1-19(2)13-7-9-20(10-8-13)12-15-14-5-3-4-6-16(14)21-17(15)11-18/h3-6,13H,7-12,18H2,1-2H3. The maximum absolute atomic E-state index is 5.97. The maximum Gasteiger partial charge on any atom is 0.0349 e. The molecule has 0 radical (unpaired) electrons. The average Bonchev–Trinajstić information content (AvgIpc) is 2.86. The molecule has 0 bridgehead atoms. The Morgan fingerprint density at radius 1 is 1.24 bits per heavy atom. The van der Waals surface area contributed by atoms with Crippen LogP contribution in [0.2, 0.25) is 0 Å². The van der Waals surface area contributed by atoms with Gasteiger partial charge in [-0.25, -0.2) is 0 Å². The second-order valence-electron chi connectivity index (χ2n) is 6.18. The quantitative estimate of drug-likeness (QED) is 0.942. The van der Waals surface area contributed by atoms with Gasteiger partial charge in [0.15, 0.2) is 0 Å². The average molecular weight is 303 g/mol. The topological polar surface area (TPSA) is 32.5 Å². The lowest BCUT2D eigenvalue weighted by atomic mass is 10.0. The van der Waals surface area contributed by atoms with E-state index in [9.17, 15) is 0 Å². The largest absolute Gasteiger partial charge is 0.326 e. The summed E-state index contributed by atoms with van der Waals surface area (Å²) >= 11 is 1.86. The first-order valence-electron chi connectivity index (χ1n) is 7.77. The molecule has 21 heavy (non-hydrogen) atoms. The first-order valence-corrected chi connectivity index (χ1v) is 8.59. The lowest BCUT2D eigenvalue weighted by Crippen LogP contribution is -2.41. The van der Waals surface area contributed by atoms with Crippen molar-refractivity contribution < 1.29 is 0 Å². The predicted molar refractivity (Wildman–Crippen MR) is 91.7 cm³/mol. The van der Waals surface area contributed by atoms with Gasteiger partial charge in [-0.05, 0) is 57.0 Å². The Morgan fingerprint density at radius 3 is 2.62 bits per heavy atom. The Hall–Kier alpha value is -0.940. The Morgan fingerprint density at radius 2 is 1.95 bits per heavy atom. The Kier molecular flexibility index (Phi) is 4.60. The van der Waals surface area contributed by atoms with Gasteiger partial charge in [0.1, 0.15) is 0 Å². The maximum atomic E-state index is 5.97. The van der Waals surface area contributed by atoms with Gasteiger partial charge >= 0.3 is 0 Å². The summed E-state index contributed by atoms with van der Waals surface area (Å²) < 4.78 is 1.37. The van der Waals surface area contributed by atoms with Crippen LogP contribution in [0.1, 0.15) is 23.3 Å². The van der Waals surface area contributed by atoms with E-state index in [2.05, 4.69) is 48.2 Å². The van der Waals surface area contributed by atoms with E-state index in [0.717, 1.165) is 12.6 Å². The van der Waals surface area contributed by atoms with Crippen LogP contribution >= 0.6 is 11.3 Å². The fourth-order valence-corrected chi connectivity index (χ4v) is 4.40. The van der Waals surface area contributed by atoms with E-state index in [0.29, 0.717) is 6.54 Å². The molecule has 1 saturated heterocycles. The molecule has 2 heterocycles. The van der Waals surface area contributed by atoms with Crippen molar-refractivity contribution in [2.24, 2.45) is 5.73 Å². The zero-order chi connectivity index (χ0) is 14.8. The zero-order valence-corrected chi connectivity index (χ0v) is 13.8. The van der Waals surface area contributed by atoms with Crippen LogP contribution < -0.4 is 5.73 Å². The van der Waals surface area contributed by atoms with Crippen LogP contribution in [0.4, 0.5) is 0 Å². The van der Waals surface area contributed by atoms with Gasteiger partial charge in [0.05, 0.1) is 0 Å². The Balaban J connectivity index is 1.76. The number of fused-ring (bicyclic) bond motifs is 1. The third-order valence-corrected chi connectivity index (χ3v) is 5.87. The highest BCUT2D eigenvalue weighted by molar-refractivity contribution is 7.19. The molecule has 0 saturated carbocycles. The molecule has 0 aliphatic carbocycles. The fourth-order valence-electron chi connectivity index (χ4n) is 3.31. The van der Waals surface area contributed by atoms with E-state index in [4.69, 9.17) is 5.73 Å². The van der Waals surface area contributed by atoms with Crippen molar-refractivity contribution in [2.75, 3.05) is 27.2 Å². The van der Waals surface area contributed by atoms with Crippen molar-refractivity contribution in [1.29, 1.82) is 0 Å². The van der Waals surface area contributed by atoms with E-state index in [1.54, 1.807) is 0 Å². The van der Waals surface area contributed by atoms with Gasteiger partial charge in [0.2, 0.25) is 0 Å². The molecule has 3 nitrogen and oxygen atoms in total. The normalized spacial score (nSPS) is 17.9. The first kappa shape index (κ1) is 15.0. The van der Waals surface area contributed by atoms with Gasteiger partial charge in [0.25, 0.3) is 0 Å². The number of thiophene rings is 1. The highest BCUT2D eigenvalue weighted by atomic mass is 32.1. The van der Waals surface area contributed by atoms with Crippen molar-refractivity contribution in [3.63, 3.8) is 0 Å². The van der Waals surface area contributed by atoms with E-state index >= 15 is 0 Å². The minimum absolute atomic E-state index is 0.656. The van der Waals surface area contributed by atoms with Crippen molar-refractivity contribution in [2.45, 2.75) is 32.0 Å². The lowest BCUT2D eigenvalue weighted by molar-refractivity contribution is 0.140. The minimum atomic E-state index is 0.656. The second kappa shape index (κ2) is 6.44. The molecule has 2 N–H and O–H groups in total. The van der Waals surface area contributed by atoms with E-state index in [-0.39, 0.29) is 0 Å². The SMILES string of the molecule is CN(C)C1CCN(Cc2c(CN)sc3ccccc23)CC1. The van der Waals surface area contributed by atoms with Crippen LogP contribution in [-0.4, -0.2) is 43.0 Å². The molecule has 1 aromatic carbocycles. The van der Waals surface area contributed by atoms with Gasteiger partial charge < -0.3 is 10.6 Å². The summed E-state index contributed by atoms with van der Waals surface area (Å²) in [6.07, 6.45) is 2.54. The van der Waals surface area contributed by atoms with Crippen LogP contribution in [0.15, 0.2) is 24.3 Å². The zero-order valence-electron chi connectivity index (χ0n) is 13.0. The van der Waals surface area contributed by atoms with Crippen LogP contribution in [-0.2, 0) is 13.1 Å². The molecule has 0 spiro atoms. The van der Waals surface area contributed by atoms with E-state index in [1.807, 2.05) is 11.3 Å². The molecule has 1 aliphatic heterocycles. The molecular weight excluding hydrogens is 278 g/mol. The molecule has 0 amide bonds. The number of benzene rings is 1. The van der Waals surface area contributed by atoms with Crippen molar-refractivity contribution in [3.8, 4) is 0 Å². The van der Waals surface area contributed by atoms with Gasteiger partial charge in [-0.15, -0.1) is 11.3 Å². The highest BCUT2D eigenvalue weighted by Crippen LogP contribution is 2.32. The summed E-state index contributed by atoms with van der Waals surface area (Å²) in [6.45, 7) is 4.09. The molecule has 114 valence electrons. The number of piperidine rings is 1. The molecular formula is C17H25N3S. The minimum Gasteiger partial charge on any atom is -0.326 e. The summed E-state index contributed by atoms with van der Waals surface area (Å²) in [7, 11) is 4.39. The molecule has 4 heteroatoms. The molecule has 0 unspecified atom stereocenters. The van der Waals surface area contributed by atoms with Crippen LogP contribution in [0.5, 0.6) is 0 Å². The molecule has 3 rings (SSSR count). The summed E-state index contributed by atoms with van der Waals surface area (Å²) in [5.41, 5.74) is 7.43. The number of likely N-dealkylation sites (tertiary alicyclic amines) is 1. The monoisotopic (exact) mass is 303 g/mol. The number of rotatable bonds is 4. The smallest absolute Gasteiger partial charge is 0.0349 e. The molecule has 1 aromatic heterocycles. The first-order chi connectivity index (χ1) is 10.2. The fraction of sp³-hybridized carbons (Fsp3) is 0.529. The number of hydrogen-bond acceptors (Lipinski definition) is 4. The van der Waals surface area contributed by atoms with Crippen LogP contribution in [0, 0.1) is 0 Å². The van der Waals surface area contributed by atoms with Gasteiger partial charge in [-0.2, -0.15) is 0 Å². The van der Waals surface area contributed by atoms with E-state index < -0.39 is 0 Å². The lowest BCUT2D eigenvalue weighted by Gasteiger charge is -2.35. The molecule has 0 atom stereocenters. The van der Waals surface area contributed by atoms with Gasteiger partial charge in [-0.3, -0.25) is 4.90 Å². The van der Waals surface area contributed by atoms with Crippen LogP contribution in [0.3, 0.4) is 0 Å². The Labute approximate surface area is 131 Å². The predicted octanol–water partition coefficient (Wildman–Crippen LogP) is 2.89. The van der Waals surface area contributed by atoms with Crippen molar-refractivity contribution in [3.05, 3.63) is 34.7 Å². The molecule has 2 aromatic rings. The van der Waals surface area contributed by atoms with Gasteiger partial charge in [0, 0.05) is 28.7 Å². The van der Waals surface area contributed by atoms with Crippen LogP contribution in [0.25, 0.3) is 10.1 Å². The van der Waals surface area contributed by atoms with Gasteiger partial charge in [-0.1, -0.05) is 18.2 Å². The number of nitrogens with two attached hydrogens (primary N) is 1. The summed E-state index contributed by atoms with van der Waals surface area (Å²) in [4.78, 5) is 6.31. The number of hydrogen-bond donors (Lipinski definition) is 1. The Bertz CT molecular complexity index is 597. The second-order valence-corrected chi connectivity index (χ2v) is 7.31. The van der Waals surface area contributed by atoms with Crippen molar-refractivity contribution >= 4 is 21.4 Å². The van der Waals surface area contributed by atoms with Crippen molar-refractivity contribution in [1.82, 2.24) is 9.80 Å². The highest BCUT2D eigenvalue weighted by Gasteiger charge is 2.22. The summed E-state index contributed by atoms with van der Waals surface area (Å²) in [5.74, 6) is 0. The third-order valence-electron chi connectivity index (χ3n) is 4.64. The number of nitrogens with zero attached hydrogens (tertiary/aromatic N) is 2. The summed E-state index contributed by atoms with van der Waals surface area (Å²) in [5, 5.41) is 1.40. The summed E-state index contributed by atoms with van der Waals surface area (Å²) in [6, 6.07) is 9.45. The third kappa shape index (κ3) is 3.14.